The zero-order chi connectivity index (χ0) is 13.9. The van der Waals surface area contributed by atoms with Crippen molar-refractivity contribution in [1.29, 1.82) is 0 Å². The number of carbonyl (C=O) groups excluding carboxylic acids is 1. The van der Waals surface area contributed by atoms with E-state index in [1.54, 1.807) is 4.57 Å². The average Bonchev–Trinajstić information content (AvgIpc) is 2.80. The molecule has 5 nitrogen and oxygen atoms in total. The average molecular weight is 266 g/mol. The van der Waals surface area contributed by atoms with Gasteiger partial charge in [-0.3, -0.25) is 0 Å². The van der Waals surface area contributed by atoms with E-state index in [0.717, 1.165) is 5.56 Å². The molecule has 1 aromatic rings. The topological polar surface area (TPSA) is 48.6 Å². The lowest BCUT2D eigenvalue weighted by Crippen LogP contribution is -2.40. The van der Waals surface area contributed by atoms with Crippen LogP contribution in [-0.2, 0) is 25.5 Å². The van der Waals surface area contributed by atoms with E-state index in [2.05, 4.69) is 0 Å². The molecule has 0 unspecified atom stereocenters. The standard InChI is InChI=1S/C14H20NO4/c1-14(2,3)19-12(16)10-15-6-4-11(5-7-15)13-17-8-9-18-13/h4-7,13H,8-10H2,1-3H3/q+1. The Morgan fingerprint density at radius 2 is 1.89 bits per heavy atom. The molecule has 0 amide bonds. The molecule has 0 atom stereocenters. The van der Waals surface area contributed by atoms with Crippen LogP contribution < -0.4 is 4.57 Å². The van der Waals surface area contributed by atoms with Crippen molar-refractivity contribution >= 4 is 5.97 Å². The summed E-state index contributed by atoms with van der Waals surface area (Å²) in [5.41, 5.74) is 0.501. The molecule has 0 aliphatic carbocycles. The number of esters is 1. The summed E-state index contributed by atoms with van der Waals surface area (Å²) in [6.07, 6.45) is 3.37. The fourth-order valence-electron chi connectivity index (χ4n) is 1.81. The second kappa shape index (κ2) is 5.67. The van der Waals surface area contributed by atoms with Gasteiger partial charge in [0.1, 0.15) is 5.60 Å². The molecule has 1 aliphatic heterocycles. The van der Waals surface area contributed by atoms with Crippen LogP contribution in [0.3, 0.4) is 0 Å². The summed E-state index contributed by atoms with van der Waals surface area (Å²) in [5, 5.41) is 0. The SMILES string of the molecule is CC(C)(C)OC(=O)C[n+]1ccc(C2OCCO2)cc1. The summed E-state index contributed by atoms with van der Waals surface area (Å²) in [6.45, 7) is 7.01. The van der Waals surface area contributed by atoms with Gasteiger partial charge in [0.25, 0.3) is 0 Å². The van der Waals surface area contributed by atoms with Crippen LogP contribution in [0.1, 0.15) is 32.6 Å². The Morgan fingerprint density at radius 1 is 1.32 bits per heavy atom. The maximum atomic E-state index is 11.7. The molecule has 5 heteroatoms. The van der Waals surface area contributed by atoms with Crippen molar-refractivity contribution in [2.24, 2.45) is 0 Å². The highest BCUT2D eigenvalue weighted by Crippen LogP contribution is 2.21. The summed E-state index contributed by atoms with van der Waals surface area (Å²) in [5.74, 6) is -0.251. The van der Waals surface area contributed by atoms with E-state index in [-0.39, 0.29) is 18.8 Å². The highest BCUT2D eigenvalue weighted by molar-refractivity contribution is 5.68. The van der Waals surface area contributed by atoms with E-state index in [4.69, 9.17) is 14.2 Å². The second-order valence-corrected chi connectivity index (χ2v) is 5.46. The van der Waals surface area contributed by atoms with Gasteiger partial charge in [-0.2, -0.15) is 4.57 Å². The molecule has 1 fully saturated rings. The van der Waals surface area contributed by atoms with Crippen LogP contribution in [0.5, 0.6) is 0 Å². The first-order chi connectivity index (χ1) is 8.94. The van der Waals surface area contributed by atoms with Crippen LogP contribution in [0.4, 0.5) is 0 Å². The Morgan fingerprint density at radius 3 is 2.42 bits per heavy atom. The van der Waals surface area contributed by atoms with Gasteiger partial charge in [-0.05, 0) is 20.8 Å². The normalized spacial score (nSPS) is 16.6. The van der Waals surface area contributed by atoms with Gasteiger partial charge in [0, 0.05) is 17.7 Å². The van der Waals surface area contributed by atoms with Crippen LogP contribution in [-0.4, -0.2) is 24.8 Å². The largest absolute Gasteiger partial charge is 0.455 e. The fraction of sp³-hybridized carbons (Fsp3) is 0.571. The van der Waals surface area contributed by atoms with Crippen LogP contribution in [0, 0.1) is 0 Å². The highest BCUT2D eigenvalue weighted by atomic mass is 16.7. The van der Waals surface area contributed by atoms with Crippen molar-refractivity contribution in [1.82, 2.24) is 0 Å². The summed E-state index contributed by atoms with van der Waals surface area (Å²) >= 11 is 0. The third kappa shape index (κ3) is 4.29. The number of pyridine rings is 1. The van der Waals surface area contributed by atoms with Gasteiger partial charge in [-0.1, -0.05) is 0 Å². The maximum absolute atomic E-state index is 11.7. The number of aromatic nitrogens is 1. The molecular formula is C14H20NO4+. The van der Waals surface area contributed by atoms with E-state index >= 15 is 0 Å². The molecule has 2 rings (SSSR count). The van der Waals surface area contributed by atoms with Gasteiger partial charge in [0.15, 0.2) is 18.7 Å². The fourth-order valence-corrected chi connectivity index (χ4v) is 1.81. The van der Waals surface area contributed by atoms with E-state index < -0.39 is 5.60 Å². The Hall–Kier alpha value is -1.46. The van der Waals surface area contributed by atoms with Gasteiger partial charge in [0.05, 0.1) is 13.2 Å². The minimum Gasteiger partial charge on any atom is -0.455 e. The van der Waals surface area contributed by atoms with Crippen LogP contribution in [0.25, 0.3) is 0 Å². The van der Waals surface area contributed by atoms with E-state index in [1.165, 1.54) is 0 Å². The summed E-state index contributed by atoms with van der Waals surface area (Å²) in [7, 11) is 0. The lowest BCUT2D eigenvalue weighted by molar-refractivity contribution is -0.686. The lowest BCUT2D eigenvalue weighted by atomic mass is 10.2. The summed E-state index contributed by atoms with van der Waals surface area (Å²) < 4.78 is 17.8. The Balaban J connectivity index is 1.93. The van der Waals surface area contributed by atoms with Crippen molar-refractivity contribution < 1.29 is 23.6 Å². The quantitative estimate of drug-likeness (QED) is 0.612. The van der Waals surface area contributed by atoms with Crippen LogP contribution >= 0.6 is 0 Å². The van der Waals surface area contributed by atoms with Crippen molar-refractivity contribution in [2.45, 2.75) is 39.2 Å². The molecule has 1 saturated heterocycles. The van der Waals surface area contributed by atoms with Gasteiger partial charge < -0.3 is 14.2 Å². The molecule has 0 aromatic carbocycles. The van der Waals surface area contributed by atoms with E-state index in [9.17, 15) is 4.79 Å². The molecular weight excluding hydrogens is 246 g/mol. The van der Waals surface area contributed by atoms with Crippen molar-refractivity contribution in [3.63, 3.8) is 0 Å². The first kappa shape index (κ1) is 14.0. The van der Waals surface area contributed by atoms with Gasteiger partial charge in [-0.25, -0.2) is 4.79 Å². The van der Waals surface area contributed by atoms with Crippen molar-refractivity contribution in [3.05, 3.63) is 30.1 Å². The molecule has 1 aromatic heterocycles. The maximum Gasteiger partial charge on any atom is 0.373 e. The predicted molar refractivity (Wildman–Crippen MR) is 67.1 cm³/mol. The molecule has 0 bridgehead atoms. The van der Waals surface area contributed by atoms with Gasteiger partial charge in [-0.15, -0.1) is 0 Å². The number of ether oxygens (including phenoxy) is 3. The number of rotatable bonds is 3. The number of hydrogen-bond acceptors (Lipinski definition) is 4. The summed E-state index contributed by atoms with van der Waals surface area (Å²) in [4.78, 5) is 11.7. The first-order valence-corrected chi connectivity index (χ1v) is 6.38. The molecule has 0 N–H and O–H groups in total. The predicted octanol–water partition coefficient (Wildman–Crippen LogP) is 1.36. The van der Waals surface area contributed by atoms with Crippen molar-refractivity contribution in [2.75, 3.05) is 13.2 Å². The first-order valence-electron chi connectivity index (χ1n) is 6.38. The lowest BCUT2D eigenvalue weighted by Gasteiger charge is -2.18. The highest BCUT2D eigenvalue weighted by Gasteiger charge is 2.21. The number of nitrogens with zero attached hydrogens (tertiary/aromatic N) is 1. The third-order valence-electron chi connectivity index (χ3n) is 2.54. The monoisotopic (exact) mass is 266 g/mol. The Labute approximate surface area is 113 Å². The second-order valence-electron chi connectivity index (χ2n) is 5.46. The Kier molecular flexibility index (Phi) is 4.17. The molecule has 0 saturated carbocycles. The zero-order valence-electron chi connectivity index (χ0n) is 11.6. The number of carbonyl (C=O) groups is 1. The van der Waals surface area contributed by atoms with Crippen LogP contribution in [0.15, 0.2) is 24.5 Å². The smallest absolute Gasteiger partial charge is 0.373 e. The summed E-state index contributed by atoms with van der Waals surface area (Å²) in [6, 6.07) is 3.78. The Bertz CT molecular complexity index is 430. The van der Waals surface area contributed by atoms with Gasteiger partial charge >= 0.3 is 5.97 Å². The minimum atomic E-state index is -0.455. The molecule has 0 radical (unpaired) electrons. The number of hydrogen-bond donors (Lipinski definition) is 0. The van der Waals surface area contributed by atoms with Crippen LogP contribution in [0.2, 0.25) is 0 Å². The van der Waals surface area contributed by atoms with E-state index in [1.807, 2.05) is 45.3 Å². The van der Waals surface area contributed by atoms with Crippen molar-refractivity contribution in [3.8, 4) is 0 Å². The molecule has 104 valence electrons. The molecule has 2 heterocycles. The van der Waals surface area contributed by atoms with E-state index in [0.29, 0.717) is 13.2 Å². The molecule has 19 heavy (non-hydrogen) atoms. The minimum absolute atomic E-state index is 0.198. The molecule has 0 spiro atoms. The third-order valence-corrected chi connectivity index (χ3v) is 2.54. The molecule has 1 aliphatic rings. The zero-order valence-corrected chi connectivity index (χ0v) is 11.6. The van der Waals surface area contributed by atoms with Gasteiger partial charge in [0.2, 0.25) is 6.54 Å².